The topological polar surface area (TPSA) is 76.0 Å². The number of carbonyl (C=O) groups excluding carboxylic acids is 2. The molecule has 0 aliphatic heterocycles. The molecular weight excluding hydrogens is 408 g/mol. The summed E-state index contributed by atoms with van der Waals surface area (Å²) < 4.78 is 1.68. The van der Waals surface area contributed by atoms with Crippen molar-refractivity contribution >= 4 is 28.8 Å². The minimum Gasteiger partial charge on any atom is -0.343 e. The third-order valence-corrected chi connectivity index (χ3v) is 5.77. The van der Waals surface area contributed by atoms with Gasteiger partial charge in [0, 0.05) is 11.9 Å². The molecule has 156 valence electrons. The molecule has 0 unspecified atom stereocenters. The molecule has 0 fully saturated rings. The van der Waals surface area contributed by atoms with E-state index in [0.717, 1.165) is 27.4 Å². The first kappa shape index (κ1) is 20.6. The third kappa shape index (κ3) is 4.57. The lowest BCUT2D eigenvalue weighted by Gasteiger charge is -2.11. The molecule has 4 aromatic rings. The summed E-state index contributed by atoms with van der Waals surface area (Å²) in [4.78, 5) is 26.3. The standard InChI is InChI=1S/C24H22N4O2S/c1-16-8-6-9-17(2)22(16)26-21(29)14-25-24(30)19-15-28(18-10-4-3-5-11-18)27-23(19)20-12-7-13-31-20/h3-13,15H,14H2,1-2H3,(H,25,30)(H,26,29). The van der Waals surface area contributed by atoms with Gasteiger partial charge in [0.1, 0.15) is 5.69 Å². The van der Waals surface area contributed by atoms with Gasteiger partial charge < -0.3 is 10.6 Å². The summed E-state index contributed by atoms with van der Waals surface area (Å²) in [6, 6.07) is 19.3. The molecule has 0 spiro atoms. The van der Waals surface area contributed by atoms with E-state index in [1.807, 2.05) is 79.9 Å². The number of nitrogens with zero attached hydrogens (tertiary/aromatic N) is 2. The van der Waals surface area contributed by atoms with Crippen molar-refractivity contribution in [2.24, 2.45) is 0 Å². The Kier molecular flexibility index (Phi) is 5.95. The van der Waals surface area contributed by atoms with E-state index in [4.69, 9.17) is 0 Å². The van der Waals surface area contributed by atoms with Crippen LogP contribution in [0.15, 0.2) is 72.2 Å². The summed E-state index contributed by atoms with van der Waals surface area (Å²) in [5.41, 5.74) is 4.59. The number of rotatable bonds is 6. The molecule has 0 atom stereocenters. The van der Waals surface area contributed by atoms with E-state index in [1.165, 1.54) is 11.3 Å². The zero-order valence-corrected chi connectivity index (χ0v) is 18.1. The van der Waals surface area contributed by atoms with Crippen LogP contribution in [0.25, 0.3) is 16.3 Å². The molecule has 0 bridgehead atoms. The lowest BCUT2D eigenvalue weighted by Crippen LogP contribution is -2.33. The second kappa shape index (κ2) is 8.97. The van der Waals surface area contributed by atoms with E-state index in [-0.39, 0.29) is 18.4 Å². The van der Waals surface area contributed by atoms with Crippen LogP contribution in [0.3, 0.4) is 0 Å². The number of hydrogen-bond donors (Lipinski definition) is 2. The molecule has 2 N–H and O–H groups in total. The molecule has 0 aliphatic rings. The Morgan fingerprint density at radius 1 is 0.968 bits per heavy atom. The fourth-order valence-corrected chi connectivity index (χ4v) is 4.02. The van der Waals surface area contributed by atoms with Crippen LogP contribution >= 0.6 is 11.3 Å². The molecular formula is C24H22N4O2S. The molecule has 2 aromatic carbocycles. The van der Waals surface area contributed by atoms with E-state index in [9.17, 15) is 9.59 Å². The van der Waals surface area contributed by atoms with Gasteiger partial charge in [-0.3, -0.25) is 9.59 Å². The second-order valence-electron chi connectivity index (χ2n) is 7.15. The second-order valence-corrected chi connectivity index (χ2v) is 8.09. The lowest BCUT2D eigenvalue weighted by atomic mass is 10.1. The third-order valence-electron chi connectivity index (χ3n) is 4.89. The number of para-hydroxylation sites is 2. The number of carbonyl (C=O) groups is 2. The van der Waals surface area contributed by atoms with Crippen molar-refractivity contribution in [2.75, 3.05) is 11.9 Å². The summed E-state index contributed by atoms with van der Waals surface area (Å²) in [6.07, 6.45) is 1.70. The van der Waals surface area contributed by atoms with E-state index in [0.29, 0.717) is 11.3 Å². The lowest BCUT2D eigenvalue weighted by molar-refractivity contribution is -0.115. The van der Waals surface area contributed by atoms with Crippen molar-refractivity contribution in [2.45, 2.75) is 13.8 Å². The van der Waals surface area contributed by atoms with E-state index in [2.05, 4.69) is 15.7 Å². The molecule has 0 aliphatic carbocycles. The van der Waals surface area contributed by atoms with Crippen LogP contribution in [0.4, 0.5) is 5.69 Å². The highest BCUT2D eigenvalue weighted by atomic mass is 32.1. The van der Waals surface area contributed by atoms with Gasteiger partial charge in [-0.2, -0.15) is 5.10 Å². The van der Waals surface area contributed by atoms with E-state index in [1.54, 1.807) is 10.9 Å². The van der Waals surface area contributed by atoms with Gasteiger partial charge in [0.05, 0.1) is 22.7 Å². The van der Waals surface area contributed by atoms with Crippen LogP contribution in [-0.2, 0) is 4.79 Å². The number of benzene rings is 2. The van der Waals surface area contributed by atoms with Crippen LogP contribution < -0.4 is 10.6 Å². The Labute approximate surface area is 184 Å². The monoisotopic (exact) mass is 430 g/mol. The highest BCUT2D eigenvalue weighted by Gasteiger charge is 2.20. The van der Waals surface area contributed by atoms with Gasteiger partial charge in [0.25, 0.3) is 5.91 Å². The van der Waals surface area contributed by atoms with Crippen molar-refractivity contribution in [3.05, 3.63) is 88.9 Å². The van der Waals surface area contributed by atoms with Crippen LogP contribution in [0.1, 0.15) is 21.5 Å². The Morgan fingerprint density at radius 3 is 2.39 bits per heavy atom. The normalized spacial score (nSPS) is 10.6. The van der Waals surface area contributed by atoms with Gasteiger partial charge >= 0.3 is 0 Å². The molecule has 0 saturated heterocycles. The average Bonchev–Trinajstić information content (AvgIpc) is 3.45. The maximum absolute atomic E-state index is 13.0. The van der Waals surface area contributed by atoms with Gasteiger partial charge in [-0.15, -0.1) is 11.3 Å². The Bertz CT molecular complexity index is 1190. The highest BCUT2D eigenvalue weighted by Crippen LogP contribution is 2.27. The zero-order valence-electron chi connectivity index (χ0n) is 17.3. The highest BCUT2D eigenvalue weighted by molar-refractivity contribution is 7.13. The quantitative estimate of drug-likeness (QED) is 0.470. The fraction of sp³-hybridized carbons (Fsp3) is 0.125. The van der Waals surface area contributed by atoms with Gasteiger partial charge in [-0.05, 0) is 48.6 Å². The fourth-order valence-electron chi connectivity index (χ4n) is 3.30. The number of aromatic nitrogens is 2. The molecule has 2 heterocycles. The summed E-state index contributed by atoms with van der Waals surface area (Å²) in [5, 5.41) is 12.2. The molecule has 2 amide bonds. The van der Waals surface area contributed by atoms with Crippen LogP contribution in [0.5, 0.6) is 0 Å². The minimum absolute atomic E-state index is 0.132. The zero-order chi connectivity index (χ0) is 21.8. The predicted molar refractivity (Wildman–Crippen MR) is 124 cm³/mol. The average molecular weight is 431 g/mol. The van der Waals surface area contributed by atoms with E-state index < -0.39 is 0 Å². The molecule has 2 aromatic heterocycles. The largest absolute Gasteiger partial charge is 0.343 e. The number of hydrogen-bond acceptors (Lipinski definition) is 4. The van der Waals surface area contributed by atoms with E-state index >= 15 is 0 Å². The summed E-state index contributed by atoms with van der Waals surface area (Å²) in [7, 11) is 0. The molecule has 4 rings (SSSR count). The maximum atomic E-state index is 13.0. The van der Waals surface area contributed by atoms with Gasteiger partial charge in [-0.1, -0.05) is 42.5 Å². The number of nitrogens with one attached hydrogen (secondary N) is 2. The Morgan fingerprint density at radius 2 is 1.71 bits per heavy atom. The summed E-state index contributed by atoms with van der Waals surface area (Å²) >= 11 is 1.51. The van der Waals surface area contributed by atoms with Crippen molar-refractivity contribution in [1.82, 2.24) is 15.1 Å². The molecule has 31 heavy (non-hydrogen) atoms. The number of anilines is 1. The van der Waals surface area contributed by atoms with Gasteiger partial charge in [0.2, 0.25) is 5.91 Å². The predicted octanol–water partition coefficient (Wildman–Crippen LogP) is 4.59. The minimum atomic E-state index is -0.345. The Balaban J connectivity index is 1.53. The van der Waals surface area contributed by atoms with Crippen LogP contribution in [-0.4, -0.2) is 28.1 Å². The van der Waals surface area contributed by atoms with Crippen molar-refractivity contribution in [3.8, 4) is 16.3 Å². The van der Waals surface area contributed by atoms with Crippen LogP contribution in [0, 0.1) is 13.8 Å². The molecule has 6 nitrogen and oxygen atoms in total. The summed E-state index contributed by atoms with van der Waals surface area (Å²) in [6.45, 7) is 3.74. The van der Waals surface area contributed by atoms with Crippen molar-refractivity contribution in [1.29, 1.82) is 0 Å². The van der Waals surface area contributed by atoms with Crippen LogP contribution in [0.2, 0.25) is 0 Å². The van der Waals surface area contributed by atoms with Crippen molar-refractivity contribution in [3.63, 3.8) is 0 Å². The number of aryl methyl sites for hydroxylation is 2. The molecule has 0 saturated carbocycles. The summed E-state index contributed by atoms with van der Waals surface area (Å²) in [5.74, 6) is -0.624. The first-order chi connectivity index (χ1) is 15.0. The van der Waals surface area contributed by atoms with Gasteiger partial charge in [0.15, 0.2) is 0 Å². The number of thiophene rings is 1. The first-order valence-corrected chi connectivity index (χ1v) is 10.7. The molecule has 0 radical (unpaired) electrons. The van der Waals surface area contributed by atoms with Crippen molar-refractivity contribution < 1.29 is 9.59 Å². The Hall–Kier alpha value is -3.71. The van der Waals surface area contributed by atoms with Gasteiger partial charge in [-0.25, -0.2) is 4.68 Å². The molecule has 7 heteroatoms. The maximum Gasteiger partial charge on any atom is 0.255 e. The SMILES string of the molecule is Cc1cccc(C)c1NC(=O)CNC(=O)c1cn(-c2ccccc2)nc1-c1cccs1. The smallest absolute Gasteiger partial charge is 0.255 e. The first-order valence-electron chi connectivity index (χ1n) is 9.86. The number of amides is 2.